The number of carbonyl (C=O) groups excluding carboxylic acids is 1. The smallest absolute Gasteiger partial charge is 0.405 e. The molecule has 0 saturated heterocycles. The zero-order chi connectivity index (χ0) is 18.9. The summed E-state index contributed by atoms with van der Waals surface area (Å²) in [6.07, 6.45) is -3.12. The number of aryl methyl sites for hydroxylation is 1. The third kappa shape index (κ3) is 3.79. The van der Waals surface area contributed by atoms with E-state index >= 15 is 0 Å². The van der Waals surface area contributed by atoms with Crippen LogP contribution in [0.25, 0.3) is 10.9 Å². The maximum absolute atomic E-state index is 12.5. The maximum atomic E-state index is 12.5. The Labute approximate surface area is 147 Å². The van der Waals surface area contributed by atoms with Gasteiger partial charge in [-0.05, 0) is 25.1 Å². The summed E-state index contributed by atoms with van der Waals surface area (Å²) < 4.78 is 43.3. The lowest BCUT2D eigenvalue weighted by molar-refractivity contribution is -0.275. The van der Waals surface area contributed by atoms with Crippen LogP contribution >= 0.6 is 0 Å². The molecule has 2 aromatic carbocycles. The highest BCUT2D eigenvalue weighted by atomic mass is 19.4. The Bertz CT molecular complexity index is 950. The Morgan fingerprint density at radius 2 is 1.96 bits per heavy atom. The fourth-order valence-electron chi connectivity index (χ4n) is 2.70. The molecule has 3 rings (SSSR count). The van der Waals surface area contributed by atoms with Gasteiger partial charge >= 0.3 is 6.36 Å². The summed E-state index contributed by atoms with van der Waals surface area (Å²) in [7, 11) is 1.76. The second-order valence-corrected chi connectivity index (χ2v) is 5.82. The molecule has 0 radical (unpaired) electrons. The van der Waals surface area contributed by atoms with E-state index in [9.17, 15) is 18.0 Å². The molecule has 0 fully saturated rings. The summed E-state index contributed by atoms with van der Waals surface area (Å²) >= 11 is 0. The van der Waals surface area contributed by atoms with Crippen LogP contribution in [-0.2, 0) is 7.05 Å². The standard InChI is InChI=1S/C18H16F3N3O2/c1-11(14-5-3-4-6-16(14)26-18(19,20)21)23-17(25)12-7-8-13-10-22-24(2)15(13)9-12/h3-11H,1-2H3,(H,23,25). The lowest BCUT2D eigenvalue weighted by Crippen LogP contribution is -2.27. The van der Waals surface area contributed by atoms with Crippen molar-refractivity contribution in [3.05, 3.63) is 59.8 Å². The van der Waals surface area contributed by atoms with Crippen molar-refractivity contribution in [1.82, 2.24) is 15.1 Å². The van der Waals surface area contributed by atoms with E-state index < -0.39 is 18.3 Å². The molecule has 8 heteroatoms. The highest BCUT2D eigenvalue weighted by Crippen LogP contribution is 2.30. The van der Waals surface area contributed by atoms with E-state index in [-0.39, 0.29) is 11.3 Å². The number of rotatable bonds is 4. The average Bonchev–Trinajstić information content (AvgIpc) is 2.94. The van der Waals surface area contributed by atoms with Crippen molar-refractivity contribution in [1.29, 1.82) is 0 Å². The molecule has 0 saturated carbocycles. The van der Waals surface area contributed by atoms with Gasteiger partial charge < -0.3 is 10.1 Å². The van der Waals surface area contributed by atoms with Crippen molar-refractivity contribution in [2.75, 3.05) is 0 Å². The van der Waals surface area contributed by atoms with E-state index in [1.165, 1.54) is 18.2 Å². The molecular weight excluding hydrogens is 347 g/mol. The molecule has 1 amide bonds. The number of para-hydroxylation sites is 1. The molecule has 1 N–H and O–H groups in total. The zero-order valence-electron chi connectivity index (χ0n) is 14.0. The van der Waals surface area contributed by atoms with Gasteiger partial charge in [0.05, 0.1) is 17.8 Å². The first-order valence-electron chi connectivity index (χ1n) is 7.82. The van der Waals surface area contributed by atoms with Crippen LogP contribution in [-0.4, -0.2) is 22.1 Å². The van der Waals surface area contributed by atoms with Gasteiger partial charge in [0.2, 0.25) is 0 Å². The first kappa shape index (κ1) is 17.8. The molecule has 26 heavy (non-hydrogen) atoms. The second-order valence-electron chi connectivity index (χ2n) is 5.82. The van der Waals surface area contributed by atoms with Crippen molar-refractivity contribution in [3.8, 4) is 5.75 Å². The topological polar surface area (TPSA) is 56.2 Å². The van der Waals surface area contributed by atoms with E-state index in [2.05, 4.69) is 15.2 Å². The quantitative estimate of drug-likeness (QED) is 0.763. The van der Waals surface area contributed by atoms with Crippen molar-refractivity contribution >= 4 is 16.8 Å². The third-order valence-electron chi connectivity index (χ3n) is 3.97. The maximum Gasteiger partial charge on any atom is 0.573 e. The molecule has 5 nitrogen and oxygen atoms in total. The number of hydrogen-bond acceptors (Lipinski definition) is 3. The van der Waals surface area contributed by atoms with Crippen molar-refractivity contribution < 1.29 is 22.7 Å². The Hall–Kier alpha value is -3.03. The highest BCUT2D eigenvalue weighted by Gasteiger charge is 2.32. The monoisotopic (exact) mass is 363 g/mol. The van der Waals surface area contributed by atoms with Gasteiger partial charge in [-0.3, -0.25) is 9.48 Å². The fraction of sp³-hybridized carbons (Fsp3) is 0.222. The molecule has 136 valence electrons. The first-order chi connectivity index (χ1) is 12.2. The van der Waals surface area contributed by atoms with Crippen LogP contribution < -0.4 is 10.1 Å². The summed E-state index contributed by atoms with van der Waals surface area (Å²) in [5.74, 6) is -0.739. The summed E-state index contributed by atoms with van der Waals surface area (Å²) in [5, 5.41) is 7.70. The normalized spacial score (nSPS) is 12.8. The number of benzene rings is 2. The number of fused-ring (bicyclic) bond motifs is 1. The molecular formula is C18H16F3N3O2. The van der Waals surface area contributed by atoms with Gasteiger partial charge in [0, 0.05) is 23.6 Å². The minimum atomic E-state index is -4.80. The van der Waals surface area contributed by atoms with Crippen LogP contribution in [0.3, 0.4) is 0 Å². The van der Waals surface area contributed by atoms with Crippen LogP contribution in [0.5, 0.6) is 5.75 Å². The molecule has 1 aromatic heterocycles. The van der Waals surface area contributed by atoms with Gasteiger partial charge in [0.1, 0.15) is 5.75 Å². The number of ether oxygens (including phenoxy) is 1. The summed E-state index contributed by atoms with van der Waals surface area (Å²) in [6.45, 7) is 1.60. The second kappa shape index (κ2) is 6.70. The Kier molecular flexibility index (Phi) is 4.58. The largest absolute Gasteiger partial charge is 0.573 e. The minimum Gasteiger partial charge on any atom is -0.405 e. The number of hydrogen-bond donors (Lipinski definition) is 1. The van der Waals surface area contributed by atoms with Crippen molar-refractivity contribution in [2.45, 2.75) is 19.3 Å². The number of nitrogens with one attached hydrogen (secondary N) is 1. The highest BCUT2D eigenvalue weighted by molar-refractivity contribution is 5.98. The van der Waals surface area contributed by atoms with E-state index in [4.69, 9.17) is 0 Å². The van der Waals surface area contributed by atoms with E-state index in [0.717, 1.165) is 10.9 Å². The van der Waals surface area contributed by atoms with Gasteiger partial charge in [-0.1, -0.05) is 24.3 Å². The van der Waals surface area contributed by atoms with E-state index in [1.807, 2.05) is 0 Å². The van der Waals surface area contributed by atoms with Gasteiger partial charge in [0.15, 0.2) is 0 Å². The van der Waals surface area contributed by atoms with Gasteiger partial charge in [0.25, 0.3) is 5.91 Å². The average molecular weight is 363 g/mol. The molecule has 1 heterocycles. The minimum absolute atomic E-state index is 0.236. The summed E-state index contributed by atoms with van der Waals surface area (Å²) in [5.41, 5.74) is 1.41. The van der Waals surface area contributed by atoms with Gasteiger partial charge in [-0.15, -0.1) is 13.2 Å². The fourth-order valence-corrected chi connectivity index (χ4v) is 2.70. The number of alkyl halides is 3. The van der Waals surface area contributed by atoms with Crippen LogP contribution in [0, 0.1) is 0 Å². The molecule has 0 aliphatic carbocycles. The molecule has 1 unspecified atom stereocenters. The van der Waals surface area contributed by atoms with Crippen molar-refractivity contribution in [3.63, 3.8) is 0 Å². The van der Waals surface area contributed by atoms with Crippen LogP contribution in [0.1, 0.15) is 28.9 Å². The van der Waals surface area contributed by atoms with Crippen molar-refractivity contribution in [2.24, 2.45) is 7.05 Å². The van der Waals surface area contributed by atoms with Crippen LogP contribution in [0.15, 0.2) is 48.7 Å². The molecule has 0 bridgehead atoms. The van der Waals surface area contributed by atoms with Gasteiger partial charge in [-0.25, -0.2) is 0 Å². The Morgan fingerprint density at radius 3 is 2.69 bits per heavy atom. The molecule has 3 aromatic rings. The Balaban J connectivity index is 1.82. The predicted octanol–water partition coefficient (Wildman–Crippen LogP) is 3.96. The van der Waals surface area contributed by atoms with Crippen LogP contribution in [0.4, 0.5) is 13.2 Å². The third-order valence-corrected chi connectivity index (χ3v) is 3.97. The molecule has 0 aliphatic heterocycles. The van der Waals surface area contributed by atoms with Gasteiger partial charge in [-0.2, -0.15) is 5.10 Å². The number of aromatic nitrogens is 2. The molecule has 0 aliphatic rings. The first-order valence-corrected chi connectivity index (χ1v) is 7.82. The number of halogens is 3. The lowest BCUT2D eigenvalue weighted by Gasteiger charge is -2.19. The number of amides is 1. The SMILES string of the molecule is CC(NC(=O)c1ccc2cnn(C)c2c1)c1ccccc1OC(F)(F)F. The predicted molar refractivity (Wildman–Crippen MR) is 89.7 cm³/mol. The summed E-state index contributed by atoms with van der Waals surface area (Å²) in [6, 6.07) is 10.1. The molecule has 1 atom stereocenters. The molecule has 0 spiro atoms. The van der Waals surface area contributed by atoms with E-state index in [1.54, 1.807) is 49.1 Å². The number of carbonyl (C=O) groups is 1. The van der Waals surface area contributed by atoms with E-state index in [0.29, 0.717) is 5.56 Å². The Morgan fingerprint density at radius 1 is 1.23 bits per heavy atom. The van der Waals surface area contributed by atoms with Crippen LogP contribution in [0.2, 0.25) is 0 Å². The lowest BCUT2D eigenvalue weighted by atomic mass is 10.1. The zero-order valence-corrected chi connectivity index (χ0v) is 14.0. The number of nitrogens with zero attached hydrogens (tertiary/aromatic N) is 2. The summed E-state index contributed by atoms with van der Waals surface area (Å²) in [4.78, 5) is 12.5.